The highest BCUT2D eigenvalue weighted by Crippen LogP contribution is 2.52. The Morgan fingerprint density at radius 3 is 1.44 bits per heavy atom. The van der Waals surface area contributed by atoms with E-state index < -0.39 is 6.71 Å². The van der Waals surface area contributed by atoms with Crippen LogP contribution in [0, 0.1) is 0 Å². The predicted molar refractivity (Wildman–Crippen MR) is 366 cm³/mol. The van der Waals surface area contributed by atoms with E-state index in [1.54, 1.807) is 0 Å². The van der Waals surface area contributed by atoms with Gasteiger partial charge in [0.2, 0.25) is 0 Å². The third kappa shape index (κ3) is 7.88. The number of para-hydroxylation sites is 5. The zero-order valence-corrected chi connectivity index (χ0v) is 49.6. The maximum absolute atomic E-state index is 11.5. The fraction of sp³-hybridized carbons (Fsp3) is 0.100. The smallest absolute Gasteiger partial charge is 0.256 e. The average Bonchev–Trinajstić information content (AvgIpc) is 0.790. The van der Waals surface area contributed by atoms with Crippen molar-refractivity contribution in [3.63, 3.8) is 0 Å². The molecule has 4 aliphatic heterocycles. The summed E-state index contributed by atoms with van der Waals surface area (Å²) in [4.78, 5) is 4.98. The van der Waals surface area contributed by atoms with Gasteiger partial charge < -0.3 is 23.8 Å². The molecule has 5 nitrogen and oxygen atoms in total. The van der Waals surface area contributed by atoms with E-state index in [1.807, 2.05) is 0 Å². The molecule has 0 atom stereocenters. The highest BCUT2D eigenvalue weighted by molar-refractivity contribution is 7.02. The standard InChI is InChI=1S/C80H61B2N3O2/c1-79(2,3)53-43-70-76-75(46-53)87-73-49-69-63(48-64(73)81(76)61-42-41-55(83-66-38-21-17-32-59(66)60-33-18-22-39-67(60)83)47-68(61)84(70)65-37-20-16-31-56(65)50-25-10-7-11-26-50)82-62-36-19-23-40-72(62)86-74-45-54(80(4,5)6)44-71(77(74)82)85(69)78-57(51-27-12-8-13-28-51)34-24-35-58(78)52-29-14-9-15-30-52/h7-49H,1-6H3/i48D. The van der Waals surface area contributed by atoms with Crippen LogP contribution in [0.25, 0.3) is 60.9 Å². The Bertz CT molecular complexity index is 4940. The number of benzene rings is 12. The number of aromatic nitrogens is 1. The Labute approximate surface area is 510 Å². The van der Waals surface area contributed by atoms with Crippen molar-refractivity contribution in [3.05, 3.63) is 272 Å². The lowest BCUT2D eigenvalue weighted by Crippen LogP contribution is -2.63. The Morgan fingerprint density at radius 1 is 0.345 bits per heavy atom. The first-order valence-corrected chi connectivity index (χ1v) is 30.5. The summed E-state index contributed by atoms with van der Waals surface area (Å²) in [5.41, 5.74) is 23.8. The molecule has 0 spiro atoms. The van der Waals surface area contributed by atoms with Crippen molar-refractivity contribution >= 4 is 102 Å². The molecule has 0 N–H and O–H groups in total. The van der Waals surface area contributed by atoms with E-state index >= 15 is 0 Å². The molecule has 0 bridgehead atoms. The molecule has 7 heteroatoms. The number of hydrogen-bond acceptors (Lipinski definition) is 4. The van der Waals surface area contributed by atoms with E-state index in [4.69, 9.17) is 9.47 Å². The molecule has 0 fully saturated rings. The molecule has 4 aliphatic rings. The molecule has 1 aromatic heterocycles. The van der Waals surface area contributed by atoms with E-state index in [1.165, 1.54) is 10.8 Å². The SMILES string of the molecule is [2H]c1c2c(cc3c1B1c4ccccc4Oc4cc(C(C)(C)C)cc(c41)N3c1c(-c3ccccc3)cccc1-c1ccccc1)Oc1cc(C(C)(C)C)cc3c1B2c1ccc(-n2c4ccccc4c4ccccc42)cc1N3c1ccccc1-c1ccccc1. The zero-order chi connectivity index (χ0) is 59.3. The molecule has 414 valence electrons. The lowest BCUT2D eigenvalue weighted by Gasteiger charge is -2.44. The maximum Gasteiger partial charge on any atom is 0.256 e. The van der Waals surface area contributed by atoms with E-state index in [0.717, 1.165) is 145 Å². The van der Waals surface area contributed by atoms with Crippen molar-refractivity contribution in [2.24, 2.45) is 0 Å². The molecule has 0 saturated carbocycles. The van der Waals surface area contributed by atoms with Gasteiger partial charge in [-0.1, -0.05) is 236 Å². The second-order valence-corrected chi connectivity index (χ2v) is 25.9. The van der Waals surface area contributed by atoms with Crippen LogP contribution in [-0.4, -0.2) is 18.0 Å². The highest BCUT2D eigenvalue weighted by atomic mass is 16.5. The molecular formula is C80H61B2N3O2. The first-order chi connectivity index (χ1) is 42.9. The van der Waals surface area contributed by atoms with Gasteiger partial charge in [-0.2, -0.15) is 0 Å². The first-order valence-electron chi connectivity index (χ1n) is 31.0. The van der Waals surface area contributed by atoms with Crippen molar-refractivity contribution in [2.45, 2.75) is 52.4 Å². The third-order valence-electron chi connectivity index (χ3n) is 18.7. The number of anilines is 6. The first kappa shape index (κ1) is 50.1. The van der Waals surface area contributed by atoms with Crippen LogP contribution in [0.3, 0.4) is 0 Å². The molecule has 0 saturated heterocycles. The fourth-order valence-corrected chi connectivity index (χ4v) is 14.5. The second-order valence-electron chi connectivity index (χ2n) is 25.9. The summed E-state index contributed by atoms with van der Waals surface area (Å²) in [6.45, 7) is 13.0. The van der Waals surface area contributed by atoms with Gasteiger partial charge >= 0.3 is 0 Å². The monoisotopic (exact) mass is 1120 g/mol. The van der Waals surface area contributed by atoms with Crippen molar-refractivity contribution < 1.29 is 10.8 Å². The van der Waals surface area contributed by atoms with Crippen molar-refractivity contribution in [1.82, 2.24) is 4.57 Å². The lowest BCUT2D eigenvalue weighted by atomic mass is 9.31. The van der Waals surface area contributed by atoms with Gasteiger partial charge in [-0.25, -0.2) is 0 Å². The number of ether oxygens (including phenoxy) is 2. The normalized spacial score (nSPS) is 13.7. The zero-order valence-electron chi connectivity index (χ0n) is 50.6. The molecule has 0 amide bonds. The van der Waals surface area contributed by atoms with Gasteiger partial charge in [0.1, 0.15) is 23.0 Å². The number of hydrogen-bond donors (Lipinski definition) is 0. The van der Waals surface area contributed by atoms with Crippen LogP contribution >= 0.6 is 0 Å². The summed E-state index contributed by atoms with van der Waals surface area (Å²) in [6.07, 6.45) is 0. The van der Waals surface area contributed by atoms with Crippen molar-refractivity contribution in [3.8, 4) is 62.1 Å². The topological polar surface area (TPSA) is 29.9 Å². The third-order valence-corrected chi connectivity index (χ3v) is 18.7. The van der Waals surface area contributed by atoms with Crippen molar-refractivity contribution in [1.29, 1.82) is 0 Å². The summed E-state index contributed by atoms with van der Waals surface area (Å²) >= 11 is 0. The molecule has 5 heterocycles. The summed E-state index contributed by atoms with van der Waals surface area (Å²) in [6, 6.07) is 93.0. The molecule has 0 unspecified atom stereocenters. The van der Waals surface area contributed by atoms with Gasteiger partial charge in [-0.3, -0.25) is 0 Å². The van der Waals surface area contributed by atoms with Gasteiger partial charge in [0.15, 0.2) is 0 Å². The Kier molecular flexibility index (Phi) is 11.0. The molecule has 87 heavy (non-hydrogen) atoms. The van der Waals surface area contributed by atoms with Crippen molar-refractivity contribution in [2.75, 3.05) is 9.80 Å². The Morgan fingerprint density at radius 2 is 0.828 bits per heavy atom. The van der Waals surface area contributed by atoms with E-state index in [-0.39, 0.29) is 17.5 Å². The minimum absolute atomic E-state index is 0.245. The summed E-state index contributed by atoms with van der Waals surface area (Å²) in [5, 5.41) is 2.42. The lowest BCUT2D eigenvalue weighted by molar-refractivity contribution is 0.482. The highest BCUT2D eigenvalue weighted by Gasteiger charge is 2.48. The molecule has 17 rings (SSSR count). The van der Waals surface area contributed by atoms with Crippen LogP contribution in [0.2, 0.25) is 0 Å². The minimum Gasteiger partial charge on any atom is -0.458 e. The molecular weight excluding hydrogens is 1060 g/mol. The molecule has 12 aromatic carbocycles. The van der Waals surface area contributed by atoms with Crippen LogP contribution in [-0.2, 0) is 10.8 Å². The second kappa shape index (κ2) is 19.1. The van der Waals surface area contributed by atoms with Gasteiger partial charge in [-0.15, -0.1) is 0 Å². The molecule has 13 aromatic rings. The van der Waals surface area contributed by atoms with E-state index in [0.29, 0.717) is 11.8 Å². The van der Waals surface area contributed by atoms with Crippen LogP contribution in [0.1, 0.15) is 54.0 Å². The van der Waals surface area contributed by atoms with E-state index in [2.05, 4.69) is 311 Å². The summed E-state index contributed by atoms with van der Waals surface area (Å²) in [7, 11) is 0. The van der Waals surface area contributed by atoms with Gasteiger partial charge in [0.25, 0.3) is 13.4 Å². The van der Waals surface area contributed by atoms with Crippen LogP contribution in [0.5, 0.6) is 23.0 Å². The average molecular weight is 1120 g/mol. The minimum atomic E-state index is -0.410. The summed E-state index contributed by atoms with van der Waals surface area (Å²) < 4.78 is 28.9. The van der Waals surface area contributed by atoms with Gasteiger partial charge in [0, 0.05) is 62.0 Å². The summed E-state index contributed by atoms with van der Waals surface area (Å²) in [5.74, 6) is 3.08. The predicted octanol–water partition coefficient (Wildman–Crippen LogP) is 17.2. The molecule has 0 radical (unpaired) electrons. The number of fused-ring (bicyclic) bond motifs is 11. The van der Waals surface area contributed by atoms with Crippen LogP contribution in [0.4, 0.5) is 34.1 Å². The van der Waals surface area contributed by atoms with Crippen LogP contribution < -0.4 is 52.1 Å². The van der Waals surface area contributed by atoms with E-state index in [9.17, 15) is 1.37 Å². The molecule has 0 aliphatic carbocycles. The number of rotatable bonds is 6. The quantitative estimate of drug-likeness (QED) is 0.155. The van der Waals surface area contributed by atoms with Gasteiger partial charge in [0.05, 0.1) is 23.8 Å². The van der Waals surface area contributed by atoms with Crippen LogP contribution in [0.15, 0.2) is 261 Å². The van der Waals surface area contributed by atoms with Gasteiger partial charge in [-0.05, 0) is 132 Å². The maximum atomic E-state index is 11.5. The Balaban J connectivity index is 1.000. The largest absolute Gasteiger partial charge is 0.458 e. The fourth-order valence-electron chi connectivity index (χ4n) is 14.5. The Hall–Kier alpha value is -10.2. The number of nitrogens with zero attached hydrogens (tertiary/aromatic N) is 3.